The minimum Gasteiger partial charge on any atom is -0.493 e. The van der Waals surface area contributed by atoms with Crippen molar-refractivity contribution < 1.29 is 27.4 Å². The Morgan fingerprint density at radius 2 is 1.77 bits per heavy atom. The number of amides is 1. The Bertz CT molecular complexity index is 1030. The normalized spacial score (nSPS) is 11.4. The molecular weight excluding hydrogens is 420 g/mol. The van der Waals surface area contributed by atoms with Gasteiger partial charge < -0.3 is 19.5 Å². The van der Waals surface area contributed by atoms with E-state index in [0.717, 1.165) is 12.8 Å². The molecule has 0 saturated carbocycles. The summed E-state index contributed by atoms with van der Waals surface area (Å²) in [5.41, 5.74) is 0.985. The lowest BCUT2D eigenvalue weighted by molar-refractivity contribution is -0.111. The number of carbonyl (C=O) groups is 1. The molecule has 0 aliphatic rings. The van der Waals surface area contributed by atoms with Gasteiger partial charge in [-0.3, -0.25) is 4.79 Å². The molecule has 2 aromatic carbocycles. The molecule has 2 aromatic rings. The lowest BCUT2D eigenvalue weighted by Crippen LogP contribution is -2.24. The summed E-state index contributed by atoms with van der Waals surface area (Å²) in [5.74, 6) is 0.926. The van der Waals surface area contributed by atoms with E-state index in [0.29, 0.717) is 35.0 Å². The number of hydrogen-bond acceptors (Lipinski definition) is 6. The predicted molar refractivity (Wildman–Crippen MR) is 120 cm³/mol. The fourth-order valence-corrected chi connectivity index (χ4v) is 3.93. The van der Waals surface area contributed by atoms with E-state index < -0.39 is 15.9 Å². The molecule has 31 heavy (non-hydrogen) atoms. The Hall–Kier alpha value is -3.04. The summed E-state index contributed by atoms with van der Waals surface area (Å²) in [5, 5.41) is 2.67. The maximum absolute atomic E-state index is 12.4. The Kier molecular flexibility index (Phi) is 8.89. The lowest BCUT2D eigenvalue weighted by atomic mass is 10.1. The first-order chi connectivity index (χ1) is 14.9. The third-order valence-electron chi connectivity index (χ3n) is 4.38. The van der Waals surface area contributed by atoms with Gasteiger partial charge >= 0.3 is 0 Å². The fraction of sp³-hybridized carbons (Fsp3) is 0.318. The van der Waals surface area contributed by atoms with Gasteiger partial charge in [0.25, 0.3) is 0 Å². The molecule has 0 aromatic heterocycles. The highest BCUT2D eigenvalue weighted by Crippen LogP contribution is 2.40. The highest BCUT2D eigenvalue weighted by Gasteiger charge is 2.15. The lowest BCUT2D eigenvalue weighted by Gasteiger charge is -2.14. The summed E-state index contributed by atoms with van der Waals surface area (Å²) in [6.45, 7) is 2.35. The number of methoxy groups -OCH3 is 3. The molecule has 0 aliphatic heterocycles. The largest absolute Gasteiger partial charge is 0.493 e. The van der Waals surface area contributed by atoms with Crippen LogP contribution in [0.2, 0.25) is 0 Å². The molecule has 0 spiro atoms. The number of nitrogens with one attached hydrogen (secondary N) is 2. The molecule has 0 heterocycles. The Morgan fingerprint density at radius 3 is 2.42 bits per heavy atom. The van der Waals surface area contributed by atoms with Crippen LogP contribution in [-0.2, 0) is 14.8 Å². The van der Waals surface area contributed by atoms with Crippen LogP contribution in [0, 0.1) is 0 Å². The molecule has 0 atom stereocenters. The zero-order valence-corrected chi connectivity index (χ0v) is 18.9. The number of benzene rings is 2. The van der Waals surface area contributed by atoms with Crippen molar-refractivity contribution in [1.82, 2.24) is 4.72 Å². The number of anilines is 1. The molecule has 0 aliphatic carbocycles. The summed E-state index contributed by atoms with van der Waals surface area (Å²) in [6.07, 6.45) is 4.53. The summed E-state index contributed by atoms with van der Waals surface area (Å²) < 4.78 is 43.2. The van der Waals surface area contributed by atoms with Gasteiger partial charge in [0.2, 0.25) is 21.7 Å². The smallest absolute Gasteiger partial charge is 0.248 e. The monoisotopic (exact) mass is 448 g/mol. The first-order valence-electron chi connectivity index (χ1n) is 9.74. The zero-order chi connectivity index (χ0) is 22.9. The van der Waals surface area contributed by atoms with Crippen LogP contribution in [0.3, 0.4) is 0 Å². The van der Waals surface area contributed by atoms with Gasteiger partial charge in [0.15, 0.2) is 11.5 Å². The number of unbranched alkanes of at least 4 members (excludes halogenated alkanes) is 1. The molecule has 0 fully saturated rings. The van der Waals surface area contributed by atoms with E-state index in [1.807, 2.05) is 6.92 Å². The van der Waals surface area contributed by atoms with Crippen LogP contribution in [0.25, 0.3) is 6.08 Å². The van der Waals surface area contributed by atoms with Crippen LogP contribution in [-0.4, -0.2) is 42.2 Å². The molecule has 168 valence electrons. The summed E-state index contributed by atoms with van der Waals surface area (Å²) in [7, 11) is 0.885. The van der Waals surface area contributed by atoms with E-state index in [9.17, 15) is 13.2 Å². The molecule has 8 nitrogen and oxygen atoms in total. The minimum absolute atomic E-state index is 0.0898. The second-order valence-electron chi connectivity index (χ2n) is 6.53. The van der Waals surface area contributed by atoms with Crippen molar-refractivity contribution in [2.75, 3.05) is 33.2 Å². The van der Waals surface area contributed by atoms with Crippen LogP contribution >= 0.6 is 0 Å². The highest BCUT2D eigenvalue weighted by atomic mass is 32.2. The summed E-state index contributed by atoms with van der Waals surface area (Å²) in [6, 6.07) is 9.53. The third kappa shape index (κ3) is 6.47. The SMILES string of the molecule is CCCCNS(=O)(=O)c1cccc(NC(=O)C=Cc2ccc(OC)c(OC)c2OC)c1. The fourth-order valence-electron chi connectivity index (χ4n) is 2.81. The van der Waals surface area contributed by atoms with Crippen molar-refractivity contribution >= 4 is 27.7 Å². The molecule has 1 amide bonds. The van der Waals surface area contributed by atoms with Crippen LogP contribution in [0.1, 0.15) is 25.3 Å². The third-order valence-corrected chi connectivity index (χ3v) is 5.84. The molecule has 2 rings (SSSR count). The maximum atomic E-state index is 12.4. The molecule has 9 heteroatoms. The zero-order valence-electron chi connectivity index (χ0n) is 18.1. The Morgan fingerprint density at radius 1 is 1.03 bits per heavy atom. The van der Waals surface area contributed by atoms with Crippen LogP contribution < -0.4 is 24.2 Å². The van der Waals surface area contributed by atoms with Crippen LogP contribution in [0.4, 0.5) is 5.69 Å². The molecular formula is C22H28N2O6S. The van der Waals surface area contributed by atoms with Crippen molar-refractivity contribution in [1.29, 1.82) is 0 Å². The van der Waals surface area contributed by atoms with Gasteiger partial charge in [0.05, 0.1) is 26.2 Å². The Labute approximate surface area is 183 Å². The quantitative estimate of drug-likeness (QED) is 0.403. The standard InChI is InChI=1S/C22H28N2O6S/c1-5-6-14-23-31(26,27)18-9-7-8-17(15-18)24-20(25)13-11-16-10-12-19(28-2)22(30-4)21(16)29-3/h7-13,15,23H,5-6,14H2,1-4H3,(H,24,25). The highest BCUT2D eigenvalue weighted by molar-refractivity contribution is 7.89. The van der Waals surface area contributed by atoms with Gasteiger partial charge in [-0.15, -0.1) is 0 Å². The molecule has 0 bridgehead atoms. The summed E-state index contributed by atoms with van der Waals surface area (Å²) >= 11 is 0. The molecule has 0 unspecified atom stereocenters. The molecule has 2 N–H and O–H groups in total. The average Bonchev–Trinajstić information content (AvgIpc) is 2.77. The van der Waals surface area contributed by atoms with Crippen molar-refractivity contribution in [3.8, 4) is 17.2 Å². The minimum atomic E-state index is -3.63. The predicted octanol–water partition coefficient (Wildman–Crippen LogP) is 3.44. The van der Waals surface area contributed by atoms with Crippen molar-refractivity contribution in [3.63, 3.8) is 0 Å². The van der Waals surface area contributed by atoms with Gasteiger partial charge in [-0.25, -0.2) is 13.1 Å². The van der Waals surface area contributed by atoms with Crippen molar-refractivity contribution in [2.45, 2.75) is 24.7 Å². The number of hydrogen-bond donors (Lipinski definition) is 2. The maximum Gasteiger partial charge on any atom is 0.248 e. The van der Waals surface area contributed by atoms with Crippen molar-refractivity contribution in [2.24, 2.45) is 0 Å². The van der Waals surface area contributed by atoms with Gasteiger partial charge in [0, 0.05) is 23.9 Å². The van der Waals surface area contributed by atoms with E-state index in [2.05, 4.69) is 10.0 Å². The van der Waals surface area contributed by atoms with Crippen molar-refractivity contribution in [3.05, 3.63) is 48.0 Å². The Balaban J connectivity index is 2.16. The van der Waals surface area contributed by atoms with Gasteiger partial charge in [0.1, 0.15) is 0 Å². The van der Waals surface area contributed by atoms with Gasteiger partial charge in [-0.2, -0.15) is 0 Å². The second kappa shape index (κ2) is 11.4. The van der Waals surface area contributed by atoms with Crippen LogP contribution in [0.5, 0.6) is 17.2 Å². The van der Waals surface area contributed by atoms with E-state index in [4.69, 9.17) is 14.2 Å². The first-order valence-corrected chi connectivity index (χ1v) is 11.2. The van der Waals surface area contributed by atoms with Gasteiger partial charge in [-0.05, 0) is 42.8 Å². The summed E-state index contributed by atoms with van der Waals surface area (Å²) in [4.78, 5) is 12.5. The van der Waals surface area contributed by atoms with E-state index in [1.165, 1.54) is 39.5 Å². The topological polar surface area (TPSA) is 103 Å². The number of rotatable bonds is 11. The van der Waals surface area contributed by atoms with E-state index in [1.54, 1.807) is 30.3 Å². The first kappa shape index (κ1) is 24.2. The van der Waals surface area contributed by atoms with E-state index >= 15 is 0 Å². The second-order valence-corrected chi connectivity index (χ2v) is 8.29. The van der Waals surface area contributed by atoms with E-state index in [-0.39, 0.29) is 4.90 Å². The number of sulfonamides is 1. The number of ether oxygens (including phenoxy) is 3. The molecule has 0 saturated heterocycles. The number of carbonyl (C=O) groups excluding carboxylic acids is 1. The van der Waals surface area contributed by atoms with Gasteiger partial charge in [-0.1, -0.05) is 19.4 Å². The van der Waals surface area contributed by atoms with Crippen LogP contribution in [0.15, 0.2) is 47.4 Å². The average molecular weight is 449 g/mol. The molecule has 0 radical (unpaired) electrons.